The standard InChI is InChI=1S/C18H27N3O5/c1-12-11-19-13(16(12)17(24)25)9-14(22)21-4-3-18(2,10-15(21)23)20-5-7-26-8-6-20/h11,15,19,23H,3-10H2,1-2H3,(H,24,25). The Hall–Kier alpha value is -1.90. The Kier molecular flexibility index (Phi) is 5.36. The predicted molar refractivity (Wildman–Crippen MR) is 93.9 cm³/mol. The Morgan fingerprint density at radius 1 is 1.35 bits per heavy atom. The van der Waals surface area contributed by atoms with Crippen LogP contribution in [-0.4, -0.2) is 81.5 Å². The van der Waals surface area contributed by atoms with Crippen LogP contribution in [0.25, 0.3) is 0 Å². The number of ether oxygens (including phenoxy) is 1. The van der Waals surface area contributed by atoms with E-state index in [2.05, 4.69) is 16.8 Å². The Morgan fingerprint density at radius 3 is 2.65 bits per heavy atom. The summed E-state index contributed by atoms with van der Waals surface area (Å²) in [7, 11) is 0. The topological polar surface area (TPSA) is 106 Å². The molecule has 8 heteroatoms. The Morgan fingerprint density at radius 2 is 2.04 bits per heavy atom. The smallest absolute Gasteiger partial charge is 0.337 e. The number of piperidine rings is 1. The lowest BCUT2D eigenvalue weighted by Gasteiger charge is -2.49. The molecule has 1 amide bonds. The second-order valence-electron chi connectivity index (χ2n) is 7.43. The quantitative estimate of drug-likeness (QED) is 0.721. The van der Waals surface area contributed by atoms with E-state index in [1.165, 1.54) is 4.90 Å². The highest BCUT2D eigenvalue weighted by Crippen LogP contribution is 2.32. The van der Waals surface area contributed by atoms with E-state index in [4.69, 9.17) is 4.74 Å². The summed E-state index contributed by atoms with van der Waals surface area (Å²) >= 11 is 0. The van der Waals surface area contributed by atoms with Crippen LogP contribution in [0.4, 0.5) is 0 Å². The molecule has 2 unspecified atom stereocenters. The number of amides is 1. The van der Waals surface area contributed by atoms with Crippen LogP contribution in [0.3, 0.4) is 0 Å². The monoisotopic (exact) mass is 365 g/mol. The molecular weight excluding hydrogens is 338 g/mol. The molecule has 2 fully saturated rings. The molecule has 3 rings (SSSR count). The molecule has 0 aromatic carbocycles. The van der Waals surface area contributed by atoms with Gasteiger partial charge in [-0.25, -0.2) is 4.79 Å². The average Bonchev–Trinajstić information content (AvgIpc) is 2.96. The first kappa shape index (κ1) is 18.9. The number of nitrogens with one attached hydrogen (secondary N) is 1. The summed E-state index contributed by atoms with van der Waals surface area (Å²) < 4.78 is 5.40. The number of likely N-dealkylation sites (tertiary alicyclic amines) is 1. The molecule has 2 aliphatic rings. The molecule has 0 radical (unpaired) electrons. The fourth-order valence-electron chi connectivity index (χ4n) is 4.06. The van der Waals surface area contributed by atoms with E-state index in [1.807, 2.05) is 0 Å². The minimum atomic E-state index is -1.05. The summed E-state index contributed by atoms with van der Waals surface area (Å²) in [5.74, 6) is -1.31. The number of carbonyl (C=O) groups is 2. The molecular formula is C18H27N3O5. The molecule has 0 saturated carbocycles. The van der Waals surface area contributed by atoms with Crippen LogP contribution in [0.1, 0.15) is 41.4 Å². The van der Waals surface area contributed by atoms with Gasteiger partial charge in [0, 0.05) is 43.5 Å². The summed E-state index contributed by atoms with van der Waals surface area (Å²) in [4.78, 5) is 30.7. The zero-order chi connectivity index (χ0) is 18.9. The Labute approximate surface area is 152 Å². The summed E-state index contributed by atoms with van der Waals surface area (Å²) in [6, 6.07) is 0. The highest BCUT2D eigenvalue weighted by Gasteiger charge is 2.41. The van der Waals surface area contributed by atoms with Gasteiger partial charge in [0.25, 0.3) is 0 Å². The molecule has 2 atom stereocenters. The van der Waals surface area contributed by atoms with Crippen LogP contribution in [0, 0.1) is 6.92 Å². The molecule has 8 nitrogen and oxygen atoms in total. The molecule has 0 spiro atoms. The van der Waals surface area contributed by atoms with E-state index in [0.29, 0.717) is 37.4 Å². The van der Waals surface area contributed by atoms with E-state index in [9.17, 15) is 19.8 Å². The number of carboxylic acid groups (broad SMARTS) is 1. The number of hydrogen-bond donors (Lipinski definition) is 3. The van der Waals surface area contributed by atoms with Gasteiger partial charge in [0.05, 0.1) is 25.2 Å². The number of aromatic amines is 1. The van der Waals surface area contributed by atoms with Crippen molar-refractivity contribution in [3.63, 3.8) is 0 Å². The van der Waals surface area contributed by atoms with Crippen molar-refractivity contribution in [1.82, 2.24) is 14.8 Å². The zero-order valence-corrected chi connectivity index (χ0v) is 15.3. The summed E-state index contributed by atoms with van der Waals surface area (Å²) in [6.45, 7) is 7.33. The zero-order valence-electron chi connectivity index (χ0n) is 15.3. The lowest BCUT2D eigenvalue weighted by atomic mass is 9.86. The van der Waals surface area contributed by atoms with Crippen molar-refractivity contribution in [1.29, 1.82) is 0 Å². The predicted octanol–water partition coefficient (Wildman–Crippen LogP) is 0.596. The number of aliphatic hydroxyl groups is 1. The fraction of sp³-hybridized carbons (Fsp3) is 0.667. The van der Waals surface area contributed by atoms with Gasteiger partial charge >= 0.3 is 5.97 Å². The molecule has 2 saturated heterocycles. The van der Waals surface area contributed by atoms with Crippen molar-refractivity contribution < 1.29 is 24.5 Å². The highest BCUT2D eigenvalue weighted by molar-refractivity contribution is 5.92. The van der Waals surface area contributed by atoms with Gasteiger partial charge < -0.3 is 24.8 Å². The van der Waals surface area contributed by atoms with Gasteiger partial charge in [-0.3, -0.25) is 9.69 Å². The number of hydrogen-bond acceptors (Lipinski definition) is 5. The molecule has 2 aliphatic heterocycles. The molecule has 26 heavy (non-hydrogen) atoms. The second-order valence-corrected chi connectivity index (χ2v) is 7.43. The van der Waals surface area contributed by atoms with Gasteiger partial charge in [0.2, 0.25) is 5.91 Å². The van der Waals surface area contributed by atoms with Gasteiger partial charge in [-0.15, -0.1) is 0 Å². The minimum absolute atomic E-state index is 0.0548. The number of aryl methyl sites for hydroxylation is 1. The van der Waals surface area contributed by atoms with Crippen LogP contribution in [-0.2, 0) is 16.0 Å². The van der Waals surface area contributed by atoms with Gasteiger partial charge in [0.15, 0.2) is 0 Å². The van der Waals surface area contributed by atoms with Crippen molar-refractivity contribution in [2.24, 2.45) is 0 Å². The van der Waals surface area contributed by atoms with Gasteiger partial charge in [-0.1, -0.05) is 0 Å². The SMILES string of the molecule is Cc1c[nH]c(CC(=O)N2CCC(C)(N3CCOCC3)CC2O)c1C(=O)O. The molecule has 144 valence electrons. The lowest BCUT2D eigenvalue weighted by molar-refractivity contribution is -0.153. The largest absolute Gasteiger partial charge is 0.478 e. The second kappa shape index (κ2) is 7.38. The van der Waals surface area contributed by atoms with Crippen molar-refractivity contribution in [2.75, 3.05) is 32.8 Å². The maximum atomic E-state index is 12.7. The summed E-state index contributed by atoms with van der Waals surface area (Å²) in [5.41, 5.74) is 0.964. The first-order chi connectivity index (χ1) is 12.3. The third-order valence-electron chi connectivity index (χ3n) is 5.67. The molecule has 1 aromatic rings. The molecule has 3 heterocycles. The van der Waals surface area contributed by atoms with Crippen LogP contribution < -0.4 is 0 Å². The maximum absolute atomic E-state index is 12.7. The van der Waals surface area contributed by atoms with Crippen LogP contribution in [0.2, 0.25) is 0 Å². The van der Waals surface area contributed by atoms with Crippen LogP contribution >= 0.6 is 0 Å². The number of carbonyl (C=O) groups excluding carboxylic acids is 1. The average molecular weight is 365 g/mol. The number of aromatic carboxylic acids is 1. The number of morpholine rings is 1. The summed E-state index contributed by atoms with van der Waals surface area (Å²) in [6.07, 6.45) is 1.92. The van der Waals surface area contributed by atoms with Crippen LogP contribution in [0.5, 0.6) is 0 Å². The lowest BCUT2D eigenvalue weighted by Crippen LogP contribution is -2.60. The van der Waals surface area contributed by atoms with Crippen molar-refractivity contribution >= 4 is 11.9 Å². The van der Waals surface area contributed by atoms with Gasteiger partial charge in [-0.2, -0.15) is 0 Å². The normalized spacial score (nSPS) is 27.5. The van der Waals surface area contributed by atoms with E-state index < -0.39 is 12.2 Å². The van der Waals surface area contributed by atoms with Gasteiger partial charge in [0.1, 0.15) is 6.23 Å². The van der Waals surface area contributed by atoms with Crippen molar-refractivity contribution in [3.8, 4) is 0 Å². The van der Waals surface area contributed by atoms with Crippen molar-refractivity contribution in [2.45, 2.75) is 44.9 Å². The van der Waals surface area contributed by atoms with Crippen LogP contribution in [0.15, 0.2) is 6.20 Å². The van der Waals surface area contributed by atoms with E-state index >= 15 is 0 Å². The summed E-state index contributed by atoms with van der Waals surface area (Å²) in [5, 5.41) is 19.9. The molecule has 1 aromatic heterocycles. The Bertz CT molecular complexity index is 682. The minimum Gasteiger partial charge on any atom is -0.478 e. The first-order valence-electron chi connectivity index (χ1n) is 9.02. The number of aromatic nitrogens is 1. The molecule has 0 bridgehead atoms. The first-order valence-corrected chi connectivity index (χ1v) is 9.02. The maximum Gasteiger partial charge on any atom is 0.337 e. The number of rotatable bonds is 4. The Balaban J connectivity index is 1.66. The van der Waals surface area contributed by atoms with Crippen molar-refractivity contribution in [3.05, 3.63) is 23.0 Å². The third-order valence-corrected chi connectivity index (χ3v) is 5.67. The van der Waals surface area contributed by atoms with E-state index in [-0.39, 0.29) is 23.4 Å². The number of carboxylic acids is 1. The fourth-order valence-corrected chi connectivity index (χ4v) is 4.06. The molecule has 3 N–H and O–H groups in total. The number of nitrogens with zero attached hydrogens (tertiary/aromatic N) is 2. The number of aliphatic hydroxyl groups excluding tert-OH is 1. The third kappa shape index (κ3) is 3.62. The van der Waals surface area contributed by atoms with E-state index in [1.54, 1.807) is 13.1 Å². The molecule has 0 aliphatic carbocycles. The number of H-pyrrole nitrogens is 1. The highest BCUT2D eigenvalue weighted by atomic mass is 16.5. The van der Waals surface area contributed by atoms with Gasteiger partial charge in [-0.05, 0) is 25.8 Å². The van der Waals surface area contributed by atoms with E-state index in [0.717, 1.165) is 19.5 Å².